The summed E-state index contributed by atoms with van der Waals surface area (Å²) >= 11 is 5.69. The summed E-state index contributed by atoms with van der Waals surface area (Å²) in [6, 6.07) is 10.4. The third-order valence-corrected chi connectivity index (χ3v) is 2.49. The second-order valence-electron chi connectivity index (χ2n) is 3.52. The van der Waals surface area contributed by atoms with Gasteiger partial charge in [0.25, 0.3) is 0 Å². The molecule has 0 aliphatic heterocycles. The molecular formula is C13H10ClNO2. The van der Waals surface area contributed by atoms with Gasteiger partial charge in [0.2, 0.25) is 5.88 Å². The second-order valence-corrected chi connectivity index (χ2v) is 3.96. The van der Waals surface area contributed by atoms with Crippen molar-refractivity contribution < 1.29 is 9.53 Å². The van der Waals surface area contributed by atoms with Gasteiger partial charge in [-0.15, -0.1) is 0 Å². The number of halogens is 1. The molecule has 0 atom stereocenters. The first-order valence-corrected chi connectivity index (χ1v) is 5.44. The molecule has 3 nitrogen and oxygen atoms in total. The lowest BCUT2D eigenvalue weighted by Gasteiger charge is -2.05. The zero-order chi connectivity index (χ0) is 12.3. The van der Waals surface area contributed by atoms with Crippen LogP contribution in [0.1, 0.15) is 15.9 Å². The van der Waals surface area contributed by atoms with Crippen molar-refractivity contribution in [2.24, 2.45) is 0 Å². The van der Waals surface area contributed by atoms with E-state index in [0.717, 1.165) is 5.56 Å². The summed E-state index contributed by atoms with van der Waals surface area (Å²) in [6.07, 6.45) is 1.43. The minimum absolute atomic E-state index is 0.239. The van der Waals surface area contributed by atoms with Gasteiger partial charge in [0.15, 0.2) is 0 Å². The number of hydrogen-bond acceptors (Lipinski definition) is 3. The van der Waals surface area contributed by atoms with Crippen LogP contribution in [-0.2, 0) is 0 Å². The molecule has 2 rings (SSSR count). The maximum Gasteiger partial charge on any atom is 0.345 e. The Hall–Kier alpha value is -1.87. The SMILES string of the molecule is Cc1ccccc1C(=O)Oc1ccc(Cl)cn1. The summed E-state index contributed by atoms with van der Waals surface area (Å²) in [4.78, 5) is 15.7. The molecule has 1 aromatic heterocycles. The molecular weight excluding hydrogens is 238 g/mol. The van der Waals surface area contributed by atoms with Crippen molar-refractivity contribution in [1.29, 1.82) is 0 Å². The molecule has 0 bridgehead atoms. The number of ether oxygens (including phenoxy) is 1. The summed E-state index contributed by atoms with van der Waals surface area (Å²) < 4.78 is 5.13. The Labute approximate surface area is 104 Å². The van der Waals surface area contributed by atoms with E-state index in [9.17, 15) is 4.79 Å². The van der Waals surface area contributed by atoms with E-state index < -0.39 is 5.97 Å². The zero-order valence-electron chi connectivity index (χ0n) is 9.18. The Morgan fingerprint density at radius 2 is 2.00 bits per heavy atom. The lowest BCUT2D eigenvalue weighted by molar-refractivity contribution is 0.0727. The fraction of sp³-hybridized carbons (Fsp3) is 0.0769. The number of benzene rings is 1. The molecule has 0 N–H and O–H groups in total. The standard InChI is InChI=1S/C13H10ClNO2/c1-9-4-2-3-5-11(9)13(16)17-12-7-6-10(14)8-15-12/h2-8H,1H3. The van der Waals surface area contributed by atoms with Gasteiger partial charge in [-0.1, -0.05) is 29.8 Å². The molecule has 1 aromatic carbocycles. The topological polar surface area (TPSA) is 39.2 Å². The van der Waals surface area contributed by atoms with E-state index in [1.807, 2.05) is 19.1 Å². The number of pyridine rings is 1. The summed E-state index contributed by atoms with van der Waals surface area (Å²) in [5.41, 5.74) is 1.40. The molecule has 17 heavy (non-hydrogen) atoms. The van der Waals surface area contributed by atoms with E-state index in [2.05, 4.69) is 4.98 Å². The smallest absolute Gasteiger partial charge is 0.345 e. The van der Waals surface area contributed by atoms with Crippen molar-refractivity contribution >= 4 is 17.6 Å². The molecule has 4 heteroatoms. The van der Waals surface area contributed by atoms with Gasteiger partial charge in [-0.25, -0.2) is 9.78 Å². The average molecular weight is 248 g/mol. The minimum atomic E-state index is -0.419. The largest absolute Gasteiger partial charge is 0.404 e. The van der Waals surface area contributed by atoms with Gasteiger partial charge < -0.3 is 4.74 Å². The number of aryl methyl sites for hydroxylation is 1. The first kappa shape index (κ1) is 11.6. The number of carbonyl (C=O) groups is 1. The van der Waals surface area contributed by atoms with Crippen molar-refractivity contribution in [1.82, 2.24) is 4.98 Å². The molecule has 1 heterocycles. The van der Waals surface area contributed by atoms with Crippen LogP contribution in [0.3, 0.4) is 0 Å². The molecule has 2 aromatic rings. The van der Waals surface area contributed by atoms with Gasteiger partial charge >= 0.3 is 5.97 Å². The summed E-state index contributed by atoms with van der Waals surface area (Å²) in [6.45, 7) is 1.85. The van der Waals surface area contributed by atoms with Crippen molar-refractivity contribution in [2.45, 2.75) is 6.92 Å². The van der Waals surface area contributed by atoms with E-state index in [1.54, 1.807) is 24.3 Å². The van der Waals surface area contributed by atoms with E-state index in [4.69, 9.17) is 16.3 Å². The van der Waals surface area contributed by atoms with Crippen LogP contribution in [-0.4, -0.2) is 11.0 Å². The molecule has 0 saturated heterocycles. The van der Waals surface area contributed by atoms with E-state index in [-0.39, 0.29) is 5.88 Å². The van der Waals surface area contributed by atoms with Crippen molar-refractivity contribution in [3.8, 4) is 5.88 Å². The molecule has 86 valence electrons. The predicted molar refractivity (Wildman–Crippen MR) is 65.4 cm³/mol. The minimum Gasteiger partial charge on any atom is -0.404 e. The zero-order valence-corrected chi connectivity index (χ0v) is 9.94. The van der Waals surface area contributed by atoms with Crippen LogP contribution in [0.4, 0.5) is 0 Å². The van der Waals surface area contributed by atoms with Gasteiger partial charge in [0.05, 0.1) is 10.6 Å². The Morgan fingerprint density at radius 1 is 1.24 bits per heavy atom. The molecule has 0 aliphatic carbocycles. The Morgan fingerprint density at radius 3 is 2.65 bits per heavy atom. The van der Waals surface area contributed by atoms with Crippen LogP contribution in [0.15, 0.2) is 42.6 Å². The number of carbonyl (C=O) groups excluding carboxylic acids is 1. The molecule has 0 unspecified atom stereocenters. The third kappa shape index (κ3) is 2.82. The Bertz CT molecular complexity index is 537. The number of aromatic nitrogens is 1. The van der Waals surface area contributed by atoms with Crippen LogP contribution < -0.4 is 4.74 Å². The molecule has 0 fully saturated rings. The fourth-order valence-corrected chi connectivity index (χ4v) is 1.49. The summed E-state index contributed by atoms with van der Waals surface area (Å²) in [7, 11) is 0. The lowest BCUT2D eigenvalue weighted by Crippen LogP contribution is -2.10. The van der Waals surface area contributed by atoms with Gasteiger partial charge in [0, 0.05) is 12.3 Å². The van der Waals surface area contributed by atoms with Crippen LogP contribution in [0.5, 0.6) is 5.88 Å². The first-order valence-electron chi connectivity index (χ1n) is 5.06. The molecule has 0 amide bonds. The molecule has 0 aliphatic rings. The van der Waals surface area contributed by atoms with Gasteiger partial charge in [-0.2, -0.15) is 0 Å². The number of hydrogen-bond donors (Lipinski definition) is 0. The van der Waals surface area contributed by atoms with Gasteiger partial charge in [-0.3, -0.25) is 0 Å². The highest BCUT2D eigenvalue weighted by Gasteiger charge is 2.11. The first-order chi connectivity index (χ1) is 8.16. The quantitative estimate of drug-likeness (QED) is 0.765. The number of nitrogens with zero attached hydrogens (tertiary/aromatic N) is 1. The Kier molecular flexibility index (Phi) is 3.40. The number of rotatable bonds is 2. The van der Waals surface area contributed by atoms with Crippen molar-refractivity contribution in [3.63, 3.8) is 0 Å². The van der Waals surface area contributed by atoms with Crippen LogP contribution in [0, 0.1) is 6.92 Å². The fourth-order valence-electron chi connectivity index (χ4n) is 1.37. The lowest BCUT2D eigenvalue weighted by atomic mass is 10.1. The Balaban J connectivity index is 2.17. The summed E-state index contributed by atoms with van der Waals surface area (Å²) in [5.74, 6) is -0.180. The van der Waals surface area contributed by atoms with Gasteiger partial charge in [-0.05, 0) is 24.6 Å². The maximum atomic E-state index is 11.8. The molecule has 0 saturated carbocycles. The maximum absolute atomic E-state index is 11.8. The molecule has 0 spiro atoms. The monoisotopic (exact) mass is 247 g/mol. The average Bonchev–Trinajstić information content (AvgIpc) is 2.32. The predicted octanol–water partition coefficient (Wildman–Crippen LogP) is 3.26. The van der Waals surface area contributed by atoms with Crippen LogP contribution in [0.2, 0.25) is 5.02 Å². The van der Waals surface area contributed by atoms with E-state index >= 15 is 0 Å². The van der Waals surface area contributed by atoms with Crippen LogP contribution >= 0.6 is 11.6 Å². The van der Waals surface area contributed by atoms with Crippen molar-refractivity contribution in [3.05, 3.63) is 58.7 Å². The highest BCUT2D eigenvalue weighted by atomic mass is 35.5. The van der Waals surface area contributed by atoms with E-state index in [0.29, 0.717) is 10.6 Å². The normalized spacial score (nSPS) is 10.0. The van der Waals surface area contributed by atoms with Crippen molar-refractivity contribution in [2.75, 3.05) is 0 Å². The second kappa shape index (κ2) is 4.97. The highest BCUT2D eigenvalue weighted by molar-refractivity contribution is 6.30. The third-order valence-electron chi connectivity index (χ3n) is 2.26. The summed E-state index contributed by atoms with van der Waals surface area (Å²) in [5, 5.41) is 0.501. The highest BCUT2D eigenvalue weighted by Crippen LogP contribution is 2.14. The van der Waals surface area contributed by atoms with E-state index in [1.165, 1.54) is 6.20 Å². The van der Waals surface area contributed by atoms with Gasteiger partial charge in [0.1, 0.15) is 0 Å². The number of esters is 1. The molecule has 0 radical (unpaired) electrons. The van der Waals surface area contributed by atoms with Crippen LogP contribution in [0.25, 0.3) is 0 Å².